The van der Waals surface area contributed by atoms with Gasteiger partial charge >= 0.3 is 5.97 Å². The highest BCUT2D eigenvalue weighted by atomic mass is 16.6. The van der Waals surface area contributed by atoms with Gasteiger partial charge in [0.15, 0.2) is 0 Å². The third-order valence-corrected chi connectivity index (χ3v) is 2.66. The number of ether oxygens (including phenoxy) is 1. The van der Waals surface area contributed by atoms with E-state index in [2.05, 4.69) is 5.32 Å². The number of primary amides is 1. The largest absolute Gasteiger partial charge is 0.458 e. The Balaban J connectivity index is 2.84. The lowest BCUT2D eigenvalue weighted by atomic mass is 10.1. The summed E-state index contributed by atoms with van der Waals surface area (Å²) < 4.78 is 5.35. The van der Waals surface area contributed by atoms with Gasteiger partial charge in [-0.15, -0.1) is 0 Å². The Morgan fingerprint density at radius 3 is 2.43 bits per heavy atom. The summed E-state index contributed by atoms with van der Waals surface area (Å²) in [6.07, 6.45) is 0.336. The van der Waals surface area contributed by atoms with Gasteiger partial charge in [-0.25, -0.2) is 4.79 Å². The van der Waals surface area contributed by atoms with E-state index >= 15 is 0 Å². The minimum Gasteiger partial charge on any atom is -0.458 e. The summed E-state index contributed by atoms with van der Waals surface area (Å²) in [7, 11) is 0. The molecule has 0 radical (unpaired) electrons. The first-order valence-electron chi connectivity index (χ1n) is 6.81. The molecule has 5 N–H and O–H groups in total. The summed E-state index contributed by atoms with van der Waals surface area (Å²) in [5, 5.41) is 3.02. The molecule has 0 saturated carbocycles. The van der Waals surface area contributed by atoms with Crippen LogP contribution in [0, 0.1) is 0 Å². The van der Waals surface area contributed by atoms with Crippen LogP contribution in [0.15, 0.2) is 24.3 Å². The van der Waals surface area contributed by atoms with Crippen molar-refractivity contribution in [3.05, 3.63) is 24.3 Å². The fourth-order valence-corrected chi connectivity index (χ4v) is 1.72. The van der Waals surface area contributed by atoms with Gasteiger partial charge in [-0.2, -0.15) is 0 Å². The Kier molecular flexibility index (Phi) is 5.58. The Labute approximate surface area is 124 Å². The first-order chi connectivity index (χ1) is 9.69. The van der Waals surface area contributed by atoms with Crippen molar-refractivity contribution in [3.8, 4) is 0 Å². The Bertz CT molecular complexity index is 509. The van der Waals surface area contributed by atoms with Gasteiger partial charge in [-0.05, 0) is 39.3 Å². The molecule has 0 bridgehead atoms. The smallest absolute Gasteiger partial charge is 0.329 e. The van der Waals surface area contributed by atoms with E-state index < -0.39 is 23.5 Å². The summed E-state index contributed by atoms with van der Waals surface area (Å²) in [4.78, 5) is 23.2. The zero-order valence-corrected chi connectivity index (χ0v) is 12.7. The number of anilines is 2. The standard InChI is InChI=1S/C15H23N3O3/c1-15(2,3)21-14(20)12(8-9-13(17)19)18-11-7-5-4-6-10(11)16/h4-7,12,18H,8-9,16H2,1-3H3,(H2,17,19). The lowest BCUT2D eigenvalue weighted by Gasteiger charge is -2.25. The van der Waals surface area contributed by atoms with Gasteiger partial charge < -0.3 is 21.5 Å². The Hall–Kier alpha value is -2.24. The van der Waals surface area contributed by atoms with Crippen molar-refractivity contribution in [2.24, 2.45) is 5.73 Å². The van der Waals surface area contributed by atoms with Crippen LogP contribution in [-0.2, 0) is 14.3 Å². The normalized spacial score (nSPS) is 12.5. The Morgan fingerprint density at radius 2 is 1.90 bits per heavy atom. The molecule has 1 aromatic rings. The van der Waals surface area contributed by atoms with Crippen molar-refractivity contribution < 1.29 is 14.3 Å². The van der Waals surface area contributed by atoms with Gasteiger partial charge in [0.2, 0.25) is 5.91 Å². The van der Waals surface area contributed by atoms with E-state index in [0.29, 0.717) is 11.4 Å². The molecule has 21 heavy (non-hydrogen) atoms. The van der Waals surface area contributed by atoms with Gasteiger partial charge in [0, 0.05) is 6.42 Å². The minimum atomic E-state index is -0.679. The van der Waals surface area contributed by atoms with Crippen LogP contribution in [0.1, 0.15) is 33.6 Å². The predicted molar refractivity (Wildman–Crippen MR) is 82.5 cm³/mol. The van der Waals surface area contributed by atoms with E-state index in [1.165, 1.54) is 0 Å². The predicted octanol–water partition coefficient (Wildman–Crippen LogP) is 1.66. The van der Waals surface area contributed by atoms with Gasteiger partial charge in [-0.3, -0.25) is 4.79 Å². The topological polar surface area (TPSA) is 107 Å². The number of hydrogen-bond acceptors (Lipinski definition) is 5. The number of hydrogen-bond donors (Lipinski definition) is 3. The number of esters is 1. The molecule has 0 aliphatic heterocycles. The molecule has 6 heteroatoms. The zero-order chi connectivity index (χ0) is 16.0. The number of nitrogens with two attached hydrogens (primary N) is 2. The highest BCUT2D eigenvalue weighted by molar-refractivity contribution is 5.83. The van der Waals surface area contributed by atoms with Crippen LogP contribution in [0.5, 0.6) is 0 Å². The molecule has 6 nitrogen and oxygen atoms in total. The zero-order valence-electron chi connectivity index (χ0n) is 12.7. The molecule has 1 unspecified atom stereocenters. The second kappa shape index (κ2) is 6.97. The molecule has 1 aromatic carbocycles. The van der Waals surface area contributed by atoms with Crippen LogP contribution in [0.3, 0.4) is 0 Å². The van der Waals surface area contributed by atoms with E-state index in [-0.39, 0.29) is 12.8 Å². The molecular formula is C15H23N3O3. The number of amides is 1. The number of carbonyl (C=O) groups excluding carboxylic acids is 2. The van der Waals surface area contributed by atoms with Crippen LogP contribution < -0.4 is 16.8 Å². The molecule has 116 valence electrons. The average molecular weight is 293 g/mol. The molecule has 1 rings (SSSR count). The molecule has 0 spiro atoms. The molecule has 1 amide bonds. The van der Waals surface area contributed by atoms with Crippen LogP contribution in [-0.4, -0.2) is 23.5 Å². The number of benzene rings is 1. The quantitative estimate of drug-likeness (QED) is 0.546. The lowest BCUT2D eigenvalue weighted by molar-refractivity contribution is -0.155. The van der Waals surface area contributed by atoms with E-state index in [0.717, 1.165) is 0 Å². The fraction of sp³-hybridized carbons (Fsp3) is 0.467. The lowest BCUT2D eigenvalue weighted by Crippen LogP contribution is -2.37. The van der Waals surface area contributed by atoms with Crippen LogP contribution in [0.4, 0.5) is 11.4 Å². The van der Waals surface area contributed by atoms with E-state index in [1.807, 2.05) is 0 Å². The second-order valence-electron chi connectivity index (χ2n) is 5.82. The third kappa shape index (κ3) is 6.16. The van der Waals surface area contributed by atoms with Crippen LogP contribution in [0.2, 0.25) is 0 Å². The highest BCUT2D eigenvalue weighted by Crippen LogP contribution is 2.20. The third-order valence-electron chi connectivity index (χ3n) is 2.66. The summed E-state index contributed by atoms with van der Waals surface area (Å²) in [6.45, 7) is 5.35. The van der Waals surface area contributed by atoms with Crippen LogP contribution in [0.25, 0.3) is 0 Å². The maximum Gasteiger partial charge on any atom is 0.329 e. The van der Waals surface area contributed by atoms with Crippen molar-refractivity contribution in [2.45, 2.75) is 45.3 Å². The van der Waals surface area contributed by atoms with Crippen molar-refractivity contribution in [1.29, 1.82) is 0 Å². The Morgan fingerprint density at radius 1 is 1.29 bits per heavy atom. The molecule has 1 atom stereocenters. The van der Waals surface area contributed by atoms with Crippen LogP contribution >= 0.6 is 0 Å². The van der Waals surface area contributed by atoms with Gasteiger partial charge in [0.25, 0.3) is 0 Å². The first kappa shape index (κ1) is 16.8. The molecule has 0 aromatic heterocycles. The van der Waals surface area contributed by atoms with Gasteiger partial charge in [-0.1, -0.05) is 12.1 Å². The van der Waals surface area contributed by atoms with Crippen molar-refractivity contribution in [3.63, 3.8) is 0 Å². The summed E-state index contributed by atoms with van der Waals surface area (Å²) >= 11 is 0. The number of rotatable bonds is 6. The SMILES string of the molecule is CC(C)(C)OC(=O)C(CCC(N)=O)Nc1ccccc1N. The molecular weight excluding hydrogens is 270 g/mol. The number of para-hydroxylation sites is 2. The maximum absolute atomic E-state index is 12.2. The monoisotopic (exact) mass is 293 g/mol. The summed E-state index contributed by atoms with van der Waals surface area (Å²) in [5.74, 6) is -0.904. The number of carbonyl (C=O) groups is 2. The van der Waals surface area contributed by atoms with Gasteiger partial charge in [0.1, 0.15) is 11.6 Å². The minimum absolute atomic E-state index is 0.0870. The number of nitrogen functional groups attached to an aromatic ring is 1. The summed E-state index contributed by atoms with van der Waals surface area (Å²) in [6, 6.07) is 6.41. The first-order valence-corrected chi connectivity index (χ1v) is 6.81. The fourth-order valence-electron chi connectivity index (χ4n) is 1.72. The van der Waals surface area contributed by atoms with Crippen molar-refractivity contribution >= 4 is 23.3 Å². The van der Waals surface area contributed by atoms with Crippen molar-refractivity contribution in [1.82, 2.24) is 0 Å². The highest BCUT2D eigenvalue weighted by Gasteiger charge is 2.25. The average Bonchev–Trinajstić information content (AvgIpc) is 2.34. The van der Waals surface area contributed by atoms with E-state index in [1.54, 1.807) is 45.0 Å². The summed E-state index contributed by atoms with van der Waals surface area (Å²) in [5.41, 5.74) is 11.5. The molecule has 0 heterocycles. The number of nitrogens with one attached hydrogen (secondary N) is 1. The molecule has 0 aliphatic rings. The van der Waals surface area contributed by atoms with E-state index in [9.17, 15) is 9.59 Å². The van der Waals surface area contributed by atoms with E-state index in [4.69, 9.17) is 16.2 Å². The molecule has 0 aliphatic carbocycles. The molecule has 0 saturated heterocycles. The second-order valence-corrected chi connectivity index (χ2v) is 5.82. The van der Waals surface area contributed by atoms with Gasteiger partial charge in [0.05, 0.1) is 11.4 Å². The van der Waals surface area contributed by atoms with Crippen molar-refractivity contribution in [2.75, 3.05) is 11.1 Å². The maximum atomic E-state index is 12.2. The molecule has 0 fully saturated rings.